The molecule has 0 aliphatic heterocycles. The van der Waals surface area contributed by atoms with Gasteiger partial charge in [-0.25, -0.2) is 19.2 Å². The molecule has 2 aromatic rings. The molecule has 14 heavy (non-hydrogen) atoms. The highest BCUT2D eigenvalue weighted by atomic mass is 32.2. The first-order valence-electron chi connectivity index (χ1n) is 4.13. The average molecular weight is 210 g/mol. The lowest BCUT2D eigenvalue weighted by atomic mass is 10.5. The van der Waals surface area contributed by atoms with Crippen LogP contribution in [0.15, 0.2) is 9.95 Å². The van der Waals surface area contributed by atoms with Gasteiger partial charge in [0.25, 0.3) is 0 Å². The molecule has 0 radical (unpaired) electrons. The highest BCUT2D eigenvalue weighted by Crippen LogP contribution is 2.10. The molecule has 1 N–H and O–H groups in total. The van der Waals surface area contributed by atoms with Gasteiger partial charge in [-0.2, -0.15) is 0 Å². The minimum atomic E-state index is -0.183. The molecule has 74 valence electrons. The van der Waals surface area contributed by atoms with Gasteiger partial charge in [0.1, 0.15) is 5.82 Å². The number of fused-ring (bicyclic) bond motifs is 1. The molecule has 0 fully saturated rings. The number of aromatic nitrogens is 4. The molecule has 0 saturated heterocycles. The summed E-state index contributed by atoms with van der Waals surface area (Å²) in [6, 6.07) is 0. The number of H-pyrrole nitrogens is 1. The fourth-order valence-electron chi connectivity index (χ4n) is 1.40. The Morgan fingerprint density at radius 1 is 1.36 bits per heavy atom. The Labute approximate surface area is 84.6 Å². The van der Waals surface area contributed by atoms with Crippen LogP contribution in [0.2, 0.25) is 0 Å². The monoisotopic (exact) mass is 210 g/mol. The van der Waals surface area contributed by atoms with Crippen molar-refractivity contribution >= 4 is 17.4 Å². The number of aromatic amines is 1. The largest absolute Gasteiger partial charge is 0.334 e. The van der Waals surface area contributed by atoms with E-state index in [0.717, 1.165) is 5.69 Å². The molecule has 0 aromatic carbocycles. The van der Waals surface area contributed by atoms with E-state index in [-0.39, 0.29) is 5.69 Å². The molecule has 5 nitrogen and oxygen atoms in total. The van der Waals surface area contributed by atoms with Crippen LogP contribution >= 0.6 is 11.8 Å². The summed E-state index contributed by atoms with van der Waals surface area (Å²) in [5.41, 5.74) is 1.23. The van der Waals surface area contributed by atoms with Crippen molar-refractivity contribution in [3.63, 3.8) is 0 Å². The van der Waals surface area contributed by atoms with E-state index >= 15 is 0 Å². The normalized spacial score (nSPS) is 11.1. The molecular weight excluding hydrogens is 200 g/mol. The van der Waals surface area contributed by atoms with Crippen LogP contribution in [0.3, 0.4) is 0 Å². The van der Waals surface area contributed by atoms with Crippen LogP contribution in [0, 0.1) is 13.8 Å². The van der Waals surface area contributed by atoms with Gasteiger partial charge in [-0.3, -0.25) is 4.98 Å². The third-order valence-electron chi connectivity index (χ3n) is 2.01. The van der Waals surface area contributed by atoms with Crippen molar-refractivity contribution < 1.29 is 0 Å². The summed E-state index contributed by atoms with van der Waals surface area (Å²) in [6.07, 6.45) is 1.87. The average Bonchev–Trinajstić information content (AvgIpc) is 2.42. The van der Waals surface area contributed by atoms with E-state index in [4.69, 9.17) is 0 Å². The van der Waals surface area contributed by atoms with Crippen LogP contribution in [-0.2, 0) is 0 Å². The smallest absolute Gasteiger partial charge is 0.286 e. The lowest BCUT2D eigenvalue weighted by Gasteiger charge is -1.97. The highest BCUT2D eigenvalue weighted by Gasteiger charge is 2.09. The summed E-state index contributed by atoms with van der Waals surface area (Å²) < 4.78 is 1.48. The van der Waals surface area contributed by atoms with Gasteiger partial charge in [0.05, 0.1) is 5.69 Å². The predicted molar refractivity (Wildman–Crippen MR) is 54.9 cm³/mol. The van der Waals surface area contributed by atoms with E-state index in [0.29, 0.717) is 16.6 Å². The molecule has 2 heterocycles. The molecule has 0 spiro atoms. The van der Waals surface area contributed by atoms with Crippen molar-refractivity contribution in [2.24, 2.45) is 0 Å². The second-order valence-corrected chi connectivity index (χ2v) is 3.75. The zero-order chi connectivity index (χ0) is 10.3. The lowest BCUT2D eigenvalue weighted by Crippen LogP contribution is -2.19. The molecule has 0 atom stereocenters. The van der Waals surface area contributed by atoms with E-state index < -0.39 is 0 Å². The topological polar surface area (TPSA) is 63.1 Å². The van der Waals surface area contributed by atoms with E-state index in [1.54, 1.807) is 6.92 Å². The van der Waals surface area contributed by atoms with Crippen LogP contribution in [0.1, 0.15) is 11.5 Å². The molecular formula is C8H10N4OS. The third-order valence-corrected chi connectivity index (χ3v) is 2.59. The zero-order valence-corrected chi connectivity index (χ0v) is 8.97. The van der Waals surface area contributed by atoms with Crippen molar-refractivity contribution in [2.45, 2.75) is 19.0 Å². The first-order chi connectivity index (χ1) is 6.63. The minimum Gasteiger partial charge on any atom is -0.286 e. The SMILES string of the molecule is CSc1nc2c(C)nc(C)n2c(=O)[nH]1. The van der Waals surface area contributed by atoms with Crippen molar-refractivity contribution in [1.82, 2.24) is 19.4 Å². The maximum atomic E-state index is 11.6. The van der Waals surface area contributed by atoms with Crippen LogP contribution in [0.5, 0.6) is 0 Å². The summed E-state index contributed by atoms with van der Waals surface area (Å²) in [4.78, 5) is 22.8. The Bertz CT molecular complexity index is 542. The van der Waals surface area contributed by atoms with Gasteiger partial charge >= 0.3 is 5.69 Å². The quantitative estimate of drug-likeness (QED) is 0.706. The van der Waals surface area contributed by atoms with Crippen molar-refractivity contribution in [3.8, 4) is 0 Å². The highest BCUT2D eigenvalue weighted by molar-refractivity contribution is 7.98. The second-order valence-electron chi connectivity index (χ2n) is 2.95. The molecule has 2 aromatic heterocycles. The molecule has 0 amide bonds. The number of rotatable bonds is 1. The van der Waals surface area contributed by atoms with Crippen molar-refractivity contribution in [3.05, 3.63) is 22.0 Å². The Kier molecular flexibility index (Phi) is 2.07. The van der Waals surface area contributed by atoms with Crippen LogP contribution in [0.25, 0.3) is 5.65 Å². The molecule has 2 rings (SSSR count). The van der Waals surface area contributed by atoms with Gasteiger partial charge in [-0.1, -0.05) is 11.8 Å². The van der Waals surface area contributed by atoms with Crippen LogP contribution < -0.4 is 5.69 Å². The number of hydrogen-bond donors (Lipinski definition) is 1. The summed E-state index contributed by atoms with van der Waals surface area (Å²) in [5.74, 6) is 0.666. The molecule has 0 saturated carbocycles. The number of imidazole rings is 1. The fourth-order valence-corrected chi connectivity index (χ4v) is 1.77. The van der Waals surface area contributed by atoms with E-state index in [1.165, 1.54) is 16.2 Å². The van der Waals surface area contributed by atoms with E-state index in [1.807, 2.05) is 13.2 Å². The van der Waals surface area contributed by atoms with Gasteiger partial charge in [0.15, 0.2) is 10.8 Å². The second kappa shape index (κ2) is 3.13. The fraction of sp³-hybridized carbons (Fsp3) is 0.375. The number of thioether (sulfide) groups is 1. The summed E-state index contributed by atoms with van der Waals surface area (Å²) >= 11 is 1.41. The first-order valence-corrected chi connectivity index (χ1v) is 5.36. The predicted octanol–water partition coefficient (Wildman–Crippen LogP) is 0.756. The lowest BCUT2D eigenvalue weighted by molar-refractivity contribution is 0.835. The maximum Gasteiger partial charge on any atom is 0.334 e. The number of nitrogens with one attached hydrogen (secondary N) is 1. The molecule has 0 aliphatic carbocycles. The van der Waals surface area contributed by atoms with Crippen molar-refractivity contribution in [2.75, 3.05) is 6.26 Å². The van der Waals surface area contributed by atoms with Crippen LogP contribution in [-0.4, -0.2) is 25.6 Å². The summed E-state index contributed by atoms with van der Waals surface area (Å²) in [7, 11) is 0. The molecule has 0 unspecified atom stereocenters. The maximum absolute atomic E-state index is 11.6. The zero-order valence-electron chi connectivity index (χ0n) is 8.16. The molecule has 0 aliphatic rings. The minimum absolute atomic E-state index is 0.183. The number of aryl methyl sites for hydroxylation is 2. The van der Waals surface area contributed by atoms with Crippen molar-refractivity contribution in [1.29, 1.82) is 0 Å². The van der Waals surface area contributed by atoms with Gasteiger partial charge in [0, 0.05) is 0 Å². The van der Waals surface area contributed by atoms with Gasteiger partial charge < -0.3 is 0 Å². The van der Waals surface area contributed by atoms with E-state index in [9.17, 15) is 4.79 Å². The third kappa shape index (κ3) is 1.22. The molecule has 6 heteroatoms. The summed E-state index contributed by atoms with van der Waals surface area (Å²) in [5, 5.41) is 0.616. The molecule has 0 bridgehead atoms. The Hall–Kier alpha value is -1.30. The van der Waals surface area contributed by atoms with Gasteiger partial charge in [0.2, 0.25) is 0 Å². The number of hydrogen-bond acceptors (Lipinski definition) is 4. The van der Waals surface area contributed by atoms with Crippen LogP contribution in [0.4, 0.5) is 0 Å². The number of nitrogens with zero attached hydrogens (tertiary/aromatic N) is 3. The standard InChI is InChI=1S/C8H10N4OS/c1-4-6-10-7(14-3)11-8(13)12(6)5(2)9-4/h1-3H3,(H,10,11,13). The van der Waals surface area contributed by atoms with Gasteiger partial charge in [-0.05, 0) is 20.1 Å². The Balaban J connectivity index is 2.93. The van der Waals surface area contributed by atoms with Gasteiger partial charge in [-0.15, -0.1) is 0 Å². The first kappa shape index (κ1) is 9.26. The summed E-state index contributed by atoms with van der Waals surface area (Å²) in [6.45, 7) is 3.63. The Morgan fingerprint density at radius 2 is 2.07 bits per heavy atom. The van der Waals surface area contributed by atoms with E-state index in [2.05, 4.69) is 15.0 Å². The Morgan fingerprint density at radius 3 is 2.71 bits per heavy atom.